The monoisotopic (exact) mass is 382 g/mol. The van der Waals surface area contributed by atoms with E-state index in [-0.39, 0.29) is 11.8 Å². The van der Waals surface area contributed by atoms with Crippen molar-refractivity contribution in [3.05, 3.63) is 35.4 Å². The molecule has 2 aliphatic carbocycles. The van der Waals surface area contributed by atoms with E-state index in [4.69, 9.17) is 0 Å². The summed E-state index contributed by atoms with van der Waals surface area (Å²) < 4.78 is 0. The van der Waals surface area contributed by atoms with Crippen LogP contribution in [0.5, 0.6) is 0 Å². The molecule has 2 fully saturated rings. The Morgan fingerprint density at radius 3 is 1.50 bits per heavy atom. The van der Waals surface area contributed by atoms with Crippen LogP contribution in [0.2, 0.25) is 0 Å². The van der Waals surface area contributed by atoms with Crippen LogP contribution < -0.4 is 10.9 Å². The lowest BCUT2D eigenvalue weighted by Gasteiger charge is -2.19. The first-order chi connectivity index (χ1) is 13.5. The van der Waals surface area contributed by atoms with Crippen molar-refractivity contribution < 1.29 is 9.59 Å². The molecule has 6 heteroatoms. The minimum Gasteiger partial charge on any atom is -0.267 e. The number of nitrogens with zero attached hydrogens (tertiary/aromatic N) is 2. The Morgan fingerprint density at radius 2 is 1.14 bits per heavy atom. The van der Waals surface area contributed by atoms with Gasteiger partial charge in [-0.1, -0.05) is 26.7 Å². The molecule has 0 radical (unpaired) electrons. The van der Waals surface area contributed by atoms with Gasteiger partial charge in [-0.25, -0.2) is 10.9 Å². The van der Waals surface area contributed by atoms with Crippen LogP contribution in [0.4, 0.5) is 0 Å². The van der Waals surface area contributed by atoms with E-state index in [0.717, 1.165) is 49.9 Å². The predicted molar refractivity (Wildman–Crippen MR) is 112 cm³/mol. The van der Waals surface area contributed by atoms with E-state index in [1.807, 2.05) is 0 Å². The molecule has 2 saturated carbocycles. The molecule has 2 atom stereocenters. The number of hydrazone groups is 2. The minimum absolute atomic E-state index is 0.256. The van der Waals surface area contributed by atoms with Gasteiger partial charge in [0.25, 0.3) is 11.8 Å². The number of rotatable bonds is 4. The van der Waals surface area contributed by atoms with Crippen molar-refractivity contribution in [2.45, 2.75) is 65.2 Å². The fourth-order valence-electron chi connectivity index (χ4n) is 3.82. The van der Waals surface area contributed by atoms with Gasteiger partial charge in [0.15, 0.2) is 0 Å². The quantitative estimate of drug-likeness (QED) is 0.762. The van der Waals surface area contributed by atoms with Crippen molar-refractivity contribution in [1.29, 1.82) is 0 Å². The normalized spacial score (nSPS) is 25.5. The Labute approximate surface area is 166 Å². The molecule has 2 amide bonds. The van der Waals surface area contributed by atoms with Gasteiger partial charge in [-0.2, -0.15) is 10.2 Å². The van der Waals surface area contributed by atoms with Crippen molar-refractivity contribution in [3.63, 3.8) is 0 Å². The third kappa shape index (κ3) is 5.27. The highest BCUT2D eigenvalue weighted by Gasteiger charge is 2.17. The highest BCUT2D eigenvalue weighted by atomic mass is 16.2. The average molecular weight is 383 g/mol. The molecule has 0 heterocycles. The maximum absolute atomic E-state index is 12.3. The lowest BCUT2D eigenvalue weighted by atomic mass is 9.89. The molecule has 0 aliphatic heterocycles. The second-order valence-electron chi connectivity index (χ2n) is 7.96. The summed E-state index contributed by atoms with van der Waals surface area (Å²) in [6, 6.07) is 6.58. The molecule has 0 bridgehead atoms. The zero-order valence-corrected chi connectivity index (χ0v) is 16.8. The fourth-order valence-corrected chi connectivity index (χ4v) is 3.82. The maximum Gasteiger partial charge on any atom is 0.271 e. The van der Waals surface area contributed by atoms with E-state index in [2.05, 4.69) is 34.9 Å². The third-order valence-corrected chi connectivity index (χ3v) is 5.79. The Bertz CT molecular complexity index is 702. The van der Waals surface area contributed by atoms with Gasteiger partial charge in [0, 0.05) is 22.6 Å². The van der Waals surface area contributed by atoms with Gasteiger partial charge in [0.1, 0.15) is 0 Å². The second kappa shape index (κ2) is 9.62. The molecule has 0 aromatic heterocycles. The van der Waals surface area contributed by atoms with E-state index in [1.54, 1.807) is 24.3 Å². The molecular formula is C22H30N4O2. The third-order valence-electron chi connectivity index (χ3n) is 5.79. The highest BCUT2D eigenvalue weighted by molar-refractivity contribution is 5.99. The molecular weight excluding hydrogens is 352 g/mol. The first kappa shape index (κ1) is 20.2. The molecule has 1 aromatic carbocycles. The molecule has 6 nitrogen and oxygen atoms in total. The smallest absolute Gasteiger partial charge is 0.267 e. The largest absolute Gasteiger partial charge is 0.271 e. The van der Waals surface area contributed by atoms with Gasteiger partial charge in [-0.3, -0.25) is 9.59 Å². The van der Waals surface area contributed by atoms with E-state index >= 15 is 0 Å². The summed E-state index contributed by atoms with van der Waals surface area (Å²) in [5.74, 6) is 0.337. The van der Waals surface area contributed by atoms with Gasteiger partial charge in [-0.15, -0.1) is 0 Å². The van der Waals surface area contributed by atoms with Crippen LogP contribution >= 0.6 is 0 Å². The van der Waals surface area contributed by atoms with Gasteiger partial charge in [0.2, 0.25) is 0 Å². The molecule has 2 N–H and O–H groups in total. The van der Waals surface area contributed by atoms with E-state index < -0.39 is 0 Å². The Morgan fingerprint density at radius 1 is 0.750 bits per heavy atom. The number of hydrogen-bond donors (Lipinski definition) is 2. The van der Waals surface area contributed by atoms with Crippen molar-refractivity contribution in [1.82, 2.24) is 10.9 Å². The van der Waals surface area contributed by atoms with Crippen LogP contribution in [-0.2, 0) is 0 Å². The molecule has 150 valence electrons. The molecule has 28 heavy (non-hydrogen) atoms. The summed E-state index contributed by atoms with van der Waals surface area (Å²) in [6.07, 6.45) is 8.86. The van der Waals surface area contributed by atoms with Crippen LogP contribution in [0.1, 0.15) is 85.9 Å². The summed E-state index contributed by atoms with van der Waals surface area (Å²) in [7, 11) is 0. The zero-order chi connectivity index (χ0) is 19.9. The van der Waals surface area contributed by atoms with Crippen LogP contribution in [0.3, 0.4) is 0 Å². The van der Waals surface area contributed by atoms with Gasteiger partial charge in [-0.05, 0) is 74.6 Å². The van der Waals surface area contributed by atoms with Crippen molar-refractivity contribution >= 4 is 23.2 Å². The Hall–Kier alpha value is -2.50. The highest BCUT2D eigenvalue weighted by Crippen LogP contribution is 2.21. The molecule has 2 unspecified atom stereocenters. The van der Waals surface area contributed by atoms with Gasteiger partial charge in [0.05, 0.1) is 0 Å². The SMILES string of the molecule is CC1CCCC/C1=N\NC(=O)c1ccc(C(=O)N/N=C2\CCCCC2C)cc1. The molecule has 1 aromatic rings. The first-order valence-electron chi connectivity index (χ1n) is 10.4. The Kier molecular flexibility index (Phi) is 6.95. The van der Waals surface area contributed by atoms with E-state index in [1.165, 1.54) is 12.8 Å². The Balaban J connectivity index is 1.56. The zero-order valence-electron chi connectivity index (χ0n) is 16.8. The van der Waals surface area contributed by atoms with Crippen molar-refractivity contribution in [3.8, 4) is 0 Å². The van der Waals surface area contributed by atoms with Crippen LogP contribution in [0.25, 0.3) is 0 Å². The van der Waals surface area contributed by atoms with Crippen molar-refractivity contribution in [2.24, 2.45) is 22.0 Å². The number of benzene rings is 1. The fraction of sp³-hybridized carbons (Fsp3) is 0.545. The van der Waals surface area contributed by atoms with Crippen LogP contribution in [0.15, 0.2) is 34.5 Å². The molecule has 3 rings (SSSR count). The van der Waals surface area contributed by atoms with Crippen LogP contribution in [-0.4, -0.2) is 23.2 Å². The molecule has 0 spiro atoms. The van der Waals surface area contributed by atoms with Gasteiger partial charge < -0.3 is 0 Å². The average Bonchev–Trinajstić information content (AvgIpc) is 2.72. The standard InChI is InChI=1S/C22H30N4O2/c1-15-7-3-5-9-19(15)23-25-21(27)17-11-13-18(14-12-17)22(28)26-24-20-10-6-4-8-16(20)2/h11-16H,3-10H2,1-2H3,(H,25,27)(H,26,28)/b23-19+,24-20+. The molecule has 0 saturated heterocycles. The van der Waals surface area contributed by atoms with Crippen LogP contribution in [0, 0.1) is 11.8 Å². The second-order valence-corrected chi connectivity index (χ2v) is 7.96. The summed E-state index contributed by atoms with van der Waals surface area (Å²) in [6.45, 7) is 4.30. The lowest BCUT2D eigenvalue weighted by molar-refractivity contribution is 0.0942. The number of hydrogen-bond acceptors (Lipinski definition) is 4. The summed E-state index contributed by atoms with van der Waals surface area (Å²) in [5.41, 5.74) is 8.38. The predicted octanol–water partition coefficient (Wildman–Crippen LogP) is 4.28. The molecule has 2 aliphatic rings. The minimum atomic E-state index is -0.256. The first-order valence-corrected chi connectivity index (χ1v) is 10.4. The summed E-state index contributed by atoms with van der Waals surface area (Å²) in [5, 5.41) is 8.61. The van der Waals surface area contributed by atoms with Gasteiger partial charge >= 0.3 is 0 Å². The number of carbonyl (C=O) groups is 2. The lowest BCUT2D eigenvalue weighted by Crippen LogP contribution is -2.25. The summed E-state index contributed by atoms with van der Waals surface area (Å²) >= 11 is 0. The topological polar surface area (TPSA) is 82.9 Å². The number of carbonyl (C=O) groups excluding carboxylic acids is 2. The number of nitrogens with one attached hydrogen (secondary N) is 2. The van der Waals surface area contributed by atoms with E-state index in [9.17, 15) is 9.59 Å². The maximum atomic E-state index is 12.3. The van der Waals surface area contributed by atoms with Crippen molar-refractivity contribution in [2.75, 3.05) is 0 Å². The van der Waals surface area contributed by atoms with E-state index in [0.29, 0.717) is 23.0 Å². The number of amides is 2. The summed E-state index contributed by atoms with van der Waals surface area (Å²) in [4.78, 5) is 24.6.